The summed E-state index contributed by atoms with van der Waals surface area (Å²) in [4.78, 5) is 26.3. The van der Waals surface area contributed by atoms with Gasteiger partial charge in [0.25, 0.3) is 0 Å². The van der Waals surface area contributed by atoms with E-state index in [1.165, 1.54) is 5.56 Å². The van der Waals surface area contributed by atoms with E-state index in [-0.39, 0.29) is 18.9 Å². The number of carbonyl (C=O) groups is 2. The molecular weight excluding hydrogens is 538 g/mol. The van der Waals surface area contributed by atoms with Gasteiger partial charge in [-0.25, -0.2) is 9.59 Å². The first-order chi connectivity index (χ1) is 20.7. The monoisotopic (exact) mass is 577 g/mol. The van der Waals surface area contributed by atoms with E-state index in [1.54, 1.807) is 7.11 Å². The molecule has 0 heterocycles. The van der Waals surface area contributed by atoms with E-state index in [1.807, 2.05) is 75.4 Å². The Morgan fingerprint density at radius 2 is 1.47 bits per heavy atom. The summed E-state index contributed by atoms with van der Waals surface area (Å²) in [5.41, 5.74) is 8.16. The molecule has 0 radical (unpaired) electrons. The van der Waals surface area contributed by atoms with Crippen molar-refractivity contribution in [1.29, 1.82) is 0 Å². The molecule has 0 bridgehead atoms. The summed E-state index contributed by atoms with van der Waals surface area (Å²) in [7, 11) is 1.67. The van der Waals surface area contributed by atoms with Gasteiger partial charge in [-0.15, -0.1) is 0 Å². The molecule has 4 aromatic carbocycles. The van der Waals surface area contributed by atoms with Crippen LogP contribution in [-0.4, -0.2) is 37.4 Å². The zero-order valence-corrected chi connectivity index (χ0v) is 25.5. The molecule has 1 aliphatic rings. The van der Waals surface area contributed by atoms with Crippen LogP contribution in [0.3, 0.4) is 0 Å². The number of alkyl carbamates (subject to hydrolysis) is 1. The smallest absolute Gasteiger partial charge is 0.407 e. The van der Waals surface area contributed by atoms with Crippen LogP contribution >= 0.6 is 0 Å². The number of amides is 1. The first-order valence-corrected chi connectivity index (χ1v) is 14.8. The second-order valence-corrected chi connectivity index (χ2v) is 11.8. The average molecular weight is 578 g/mol. The highest BCUT2D eigenvalue weighted by atomic mass is 16.6. The van der Waals surface area contributed by atoms with Crippen molar-refractivity contribution in [2.75, 3.05) is 13.7 Å². The van der Waals surface area contributed by atoms with E-state index < -0.39 is 23.7 Å². The fraction of sp³-hybridized carbons (Fsp3) is 0.297. The molecule has 6 heteroatoms. The Bertz CT molecular complexity index is 1560. The number of benzene rings is 4. The van der Waals surface area contributed by atoms with Crippen LogP contribution < -0.4 is 10.1 Å². The number of hydrogen-bond donors (Lipinski definition) is 1. The zero-order valence-electron chi connectivity index (χ0n) is 25.5. The lowest BCUT2D eigenvalue weighted by atomic mass is 9.96. The molecule has 0 aliphatic heterocycles. The van der Waals surface area contributed by atoms with Crippen LogP contribution in [0.15, 0.2) is 91.0 Å². The van der Waals surface area contributed by atoms with Gasteiger partial charge in [-0.05, 0) is 83.8 Å². The molecule has 0 fully saturated rings. The molecule has 0 spiro atoms. The minimum atomic E-state index is -0.909. The van der Waals surface area contributed by atoms with E-state index in [0.717, 1.165) is 51.1 Å². The number of fused-ring (bicyclic) bond motifs is 3. The molecule has 4 aromatic rings. The largest absolute Gasteiger partial charge is 0.497 e. The Kier molecular flexibility index (Phi) is 8.86. The quantitative estimate of drug-likeness (QED) is 0.206. The van der Waals surface area contributed by atoms with Gasteiger partial charge < -0.3 is 19.5 Å². The Hall–Kier alpha value is -4.58. The molecule has 0 saturated heterocycles. The van der Waals surface area contributed by atoms with Crippen LogP contribution in [-0.2, 0) is 27.1 Å². The Morgan fingerprint density at radius 1 is 0.837 bits per heavy atom. The number of rotatable bonds is 9. The van der Waals surface area contributed by atoms with Crippen LogP contribution in [0.1, 0.15) is 55.9 Å². The van der Waals surface area contributed by atoms with E-state index in [0.29, 0.717) is 0 Å². The zero-order chi connectivity index (χ0) is 30.6. The van der Waals surface area contributed by atoms with Gasteiger partial charge in [0, 0.05) is 12.3 Å². The lowest BCUT2D eigenvalue weighted by molar-refractivity contribution is -0.157. The highest BCUT2D eigenvalue weighted by Crippen LogP contribution is 2.44. The molecule has 0 aromatic heterocycles. The lowest BCUT2D eigenvalue weighted by Crippen LogP contribution is -2.46. The molecule has 1 aliphatic carbocycles. The number of methoxy groups -OCH3 is 1. The fourth-order valence-electron chi connectivity index (χ4n) is 5.68. The van der Waals surface area contributed by atoms with Crippen molar-refractivity contribution in [3.8, 4) is 28.0 Å². The first-order valence-electron chi connectivity index (χ1n) is 14.8. The second kappa shape index (κ2) is 12.7. The van der Waals surface area contributed by atoms with Gasteiger partial charge in [0.1, 0.15) is 24.0 Å². The van der Waals surface area contributed by atoms with Crippen LogP contribution in [0.5, 0.6) is 5.75 Å². The minimum Gasteiger partial charge on any atom is -0.497 e. The Labute approximate surface area is 254 Å². The number of aryl methyl sites for hydroxylation is 1. The van der Waals surface area contributed by atoms with Crippen molar-refractivity contribution < 1.29 is 23.8 Å². The van der Waals surface area contributed by atoms with Crippen molar-refractivity contribution in [3.63, 3.8) is 0 Å². The molecule has 1 amide bonds. The van der Waals surface area contributed by atoms with E-state index in [2.05, 4.69) is 48.6 Å². The maximum Gasteiger partial charge on any atom is 0.407 e. The highest BCUT2D eigenvalue weighted by Gasteiger charge is 2.31. The summed E-state index contributed by atoms with van der Waals surface area (Å²) in [6.45, 7) is 7.71. The third-order valence-electron chi connectivity index (χ3n) is 7.73. The summed E-state index contributed by atoms with van der Waals surface area (Å²) < 4.78 is 16.8. The summed E-state index contributed by atoms with van der Waals surface area (Å²) in [6.07, 6.45) is 0.488. The predicted octanol–water partition coefficient (Wildman–Crippen LogP) is 7.72. The van der Waals surface area contributed by atoms with E-state index in [9.17, 15) is 9.59 Å². The highest BCUT2D eigenvalue weighted by molar-refractivity contribution is 5.82. The molecule has 6 nitrogen and oxygen atoms in total. The van der Waals surface area contributed by atoms with Crippen molar-refractivity contribution in [2.45, 2.75) is 58.1 Å². The molecule has 43 heavy (non-hydrogen) atoms. The molecule has 0 unspecified atom stereocenters. The topological polar surface area (TPSA) is 73.9 Å². The molecular formula is C37H39NO5. The summed E-state index contributed by atoms with van der Waals surface area (Å²) in [6, 6.07) is 29.6. The molecule has 1 N–H and O–H groups in total. The van der Waals surface area contributed by atoms with Crippen LogP contribution in [0, 0.1) is 0 Å². The normalized spacial score (nSPS) is 13.0. The Balaban J connectivity index is 1.30. The van der Waals surface area contributed by atoms with Crippen LogP contribution in [0.4, 0.5) is 4.79 Å². The second-order valence-electron chi connectivity index (χ2n) is 11.8. The maximum absolute atomic E-state index is 13.2. The average Bonchev–Trinajstić information content (AvgIpc) is 3.32. The first kappa shape index (κ1) is 29.9. The molecule has 222 valence electrons. The van der Waals surface area contributed by atoms with Crippen molar-refractivity contribution in [1.82, 2.24) is 5.32 Å². The van der Waals surface area contributed by atoms with Gasteiger partial charge in [-0.1, -0.05) is 85.8 Å². The summed E-state index contributed by atoms with van der Waals surface area (Å²) in [5, 5.41) is 2.79. The van der Waals surface area contributed by atoms with Crippen molar-refractivity contribution >= 4 is 12.1 Å². The summed E-state index contributed by atoms with van der Waals surface area (Å²) in [5.74, 6) is 0.252. The van der Waals surface area contributed by atoms with Crippen LogP contribution in [0.25, 0.3) is 22.3 Å². The number of esters is 1. The van der Waals surface area contributed by atoms with Crippen molar-refractivity contribution in [2.24, 2.45) is 0 Å². The standard InChI is InChI=1S/C37H39NO5/c1-6-25-22-27(41-5)19-20-28(25)26-17-15-24(16-18-26)21-34(35(39)43-37(2,3)4)38-36(40)42-23-33-31-13-9-7-11-29(31)30-12-8-10-14-32(30)33/h7-20,22,33-34H,6,21,23H2,1-5H3,(H,38,40)/t34-/m0/s1. The Morgan fingerprint density at radius 3 is 2.05 bits per heavy atom. The predicted molar refractivity (Wildman–Crippen MR) is 169 cm³/mol. The van der Waals surface area contributed by atoms with E-state index >= 15 is 0 Å². The molecule has 5 rings (SSSR count). The van der Waals surface area contributed by atoms with Crippen LogP contribution in [0.2, 0.25) is 0 Å². The van der Waals surface area contributed by atoms with Gasteiger partial charge in [-0.3, -0.25) is 0 Å². The van der Waals surface area contributed by atoms with E-state index in [4.69, 9.17) is 14.2 Å². The SMILES string of the molecule is CCc1cc(OC)ccc1-c1ccc(C[C@H](NC(=O)OCC2c3ccccc3-c3ccccc32)C(=O)OC(C)(C)C)cc1. The summed E-state index contributed by atoms with van der Waals surface area (Å²) >= 11 is 0. The van der Waals surface area contributed by atoms with Gasteiger partial charge in [-0.2, -0.15) is 0 Å². The van der Waals surface area contributed by atoms with Gasteiger partial charge in [0.15, 0.2) is 0 Å². The molecule has 0 saturated carbocycles. The van der Waals surface area contributed by atoms with Crippen molar-refractivity contribution in [3.05, 3.63) is 113 Å². The fourth-order valence-corrected chi connectivity index (χ4v) is 5.68. The maximum atomic E-state index is 13.2. The number of carbonyl (C=O) groups excluding carboxylic acids is 2. The third-order valence-corrected chi connectivity index (χ3v) is 7.73. The van der Waals surface area contributed by atoms with Gasteiger partial charge >= 0.3 is 12.1 Å². The molecule has 1 atom stereocenters. The van der Waals surface area contributed by atoms with Gasteiger partial charge in [0.05, 0.1) is 7.11 Å². The number of nitrogens with one attached hydrogen (secondary N) is 1. The lowest BCUT2D eigenvalue weighted by Gasteiger charge is -2.25. The minimum absolute atomic E-state index is 0.0726. The number of ether oxygens (including phenoxy) is 3. The number of hydrogen-bond acceptors (Lipinski definition) is 5. The van der Waals surface area contributed by atoms with Gasteiger partial charge in [0.2, 0.25) is 0 Å². The third kappa shape index (κ3) is 6.91.